The van der Waals surface area contributed by atoms with E-state index in [4.69, 9.17) is 0 Å². The Morgan fingerprint density at radius 3 is 3.05 bits per heavy atom. The fourth-order valence-corrected chi connectivity index (χ4v) is 3.08. The van der Waals surface area contributed by atoms with Gasteiger partial charge in [0.15, 0.2) is 0 Å². The number of esters is 1. The van der Waals surface area contributed by atoms with Crippen LogP contribution in [0.3, 0.4) is 0 Å². The lowest BCUT2D eigenvalue weighted by Crippen LogP contribution is -2.21. The molecule has 0 radical (unpaired) electrons. The summed E-state index contributed by atoms with van der Waals surface area (Å²) in [6.07, 6.45) is 12.1. The largest absolute Gasteiger partial charge is 0.469 e. The Balaban J connectivity index is 1.98. The van der Waals surface area contributed by atoms with Gasteiger partial charge in [-0.3, -0.25) is 4.79 Å². The highest BCUT2D eigenvalue weighted by Gasteiger charge is 2.19. The van der Waals surface area contributed by atoms with E-state index in [2.05, 4.69) is 33.9 Å². The number of aromatic nitrogens is 1. The van der Waals surface area contributed by atoms with Crippen LogP contribution in [0.25, 0.3) is 0 Å². The molecule has 0 aromatic carbocycles. The molecule has 0 spiro atoms. The zero-order chi connectivity index (χ0) is 15.1. The third-order valence-electron chi connectivity index (χ3n) is 4.23. The van der Waals surface area contributed by atoms with E-state index in [0.717, 1.165) is 19.5 Å². The molecule has 1 aromatic rings. The monoisotopic (exact) mass is 292 g/mol. The molecular formula is C17H28N2O2. The lowest BCUT2D eigenvalue weighted by molar-refractivity contribution is -0.140. The Morgan fingerprint density at radius 2 is 2.29 bits per heavy atom. The Hall–Kier alpha value is -1.29. The first-order valence-electron chi connectivity index (χ1n) is 8.23. The summed E-state index contributed by atoms with van der Waals surface area (Å²) in [5.74, 6) is -0.119. The van der Waals surface area contributed by atoms with Crippen molar-refractivity contribution in [3.8, 4) is 0 Å². The van der Waals surface area contributed by atoms with E-state index >= 15 is 0 Å². The number of aryl methyl sites for hydroxylation is 2. The minimum atomic E-state index is -0.119. The fourth-order valence-electron chi connectivity index (χ4n) is 3.08. The van der Waals surface area contributed by atoms with Crippen LogP contribution in [0, 0.1) is 0 Å². The zero-order valence-corrected chi connectivity index (χ0v) is 13.4. The number of hydrogen-bond donors (Lipinski definition) is 1. The number of rotatable bonds is 7. The third-order valence-corrected chi connectivity index (χ3v) is 4.23. The van der Waals surface area contributed by atoms with Gasteiger partial charge in [0.1, 0.15) is 0 Å². The van der Waals surface area contributed by atoms with E-state index in [1.807, 2.05) is 0 Å². The molecule has 1 heterocycles. The van der Waals surface area contributed by atoms with Crippen molar-refractivity contribution in [2.45, 2.75) is 64.5 Å². The lowest BCUT2D eigenvalue weighted by Gasteiger charge is -2.16. The molecule has 21 heavy (non-hydrogen) atoms. The van der Waals surface area contributed by atoms with Gasteiger partial charge >= 0.3 is 5.97 Å². The average Bonchev–Trinajstić information content (AvgIpc) is 2.80. The van der Waals surface area contributed by atoms with Crippen molar-refractivity contribution in [1.29, 1.82) is 0 Å². The normalized spacial score (nSPS) is 18.1. The van der Waals surface area contributed by atoms with Crippen LogP contribution in [0.1, 0.15) is 62.6 Å². The predicted octanol–water partition coefficient (Wildman–Crippen LogP) is 3.21. The van der Waals surface area contributed by atoms with Crippen LogP contribution in [0.4, 0.5) is 0 Å². The molecule has 0 amide bonds. The molecule has 0 aliphatic heterocycles. The number of methoxy groups -OCH3 is 1. The molecule has 0 fully saturated rings. The quantitative estimate of drug-likeness (QED) is 0.620. The van der Waals surface area contributed by atoms with Crippen molar-refractivity contribution in [3.05, 3.63) is 23.5 Å². The molecule has 0 saturated heterocycles. The molecule has 2 rings (SSSR count). The first kappa shape index (κ1) is 16.1. The fraction of sp³-hybridized carbons (Fsp3) is 0.706. The average molecular weight is 292 g/mol. The number of nitrogens with one attached hydrogen (secondary N) is 1. The predicted molar refractivity (Wildman–Crippen MR) is 84.3 cm³/mol. The Morgan fingerprint density at radius 1 is 1.43 bits per heavy atom. The van der Waals surface area contributed by atoms with E-state index in [1.54, 1.807) is 0 Å². The summed E-state index contributed by atoms with van der Waals surface area (Å²) in [5.41, 5.74) is 2.96. The molecular weight excluding hydrogens is 264 g/mol. The molecule has 118 valence electrons. The molecule has 1 aromatic heterocycles. The molecule has 1 aliphatic carbocycles. The van der Waals surface area contributed by atoms with Crippen LogP contribution in [-0.2, 0) is 22.5 Å². The van der Waals surface area contributed by atoms with Gasteiger partial charge < -0.3 is 14.6 Å². The van der Waals surface area contributed by atoms with Gasteiger partial charge in [-0.15, -0.1) is 0 Å². The topological polar surface area (TPSA) is 43.3 Å². The SMILES string of the molecule is CCCNC1CCCCc2cn(CCCC(=O)OC)cc21. The zero-order valence-electron chi connectivity index (χ0n) is 13.4. The summed E-state index contributed by atoms with van der Waals surface area (Å²) in [5, 5.41) is 3.68. The number of hydrogen-bond acceptors (Lipinski definition) is 3. The smallest absolute Gasteiger partial charge is 0.305 e. The van der Waals surface area contributed by atoms with Gasteiger partial charge in [-0.1, -0.05) is 13.3 Å². The van der Waals surface area contributed by atoms with Crippen molar-refractivity contribution >= 4 is 5.97 Å². The minimum Gasteiger partial charge on any atom is -0.469 e. The van der Waals surface area contributed by atoms with E-state index in [9.17, 15) is 4.79 Å². The number of fused-ring (bicyclic) bond motifs is 1. The van der Waals surface area contributed by atoms with Gasteiger partial charge in [-0.2, -0.15) is 0 Å². The first-order chi connectivity index (χ1) is 10.2. The van der Waals surface area contributed by atoms with Gasteiger partial charge in [0.25, 0.3) is 0 Å². The number of nitrogens with zero attached hydrogens (tertiary/aromatic N) is 1. The maximum atomic E-state index is 11.2. The summed E-state index contributed by atoms with van der Waals surface area (Å²) in [6.45, 7) is 4.18. The highest BCUT2D eigenvalue weighted by Crippen LogP contribution is 2.29. The standard InChI is InChI=1S/C17H28N2O2/c1-3-10-18-16-8-5-4-7-14-12-19(13-15(14)16)11-6-9-17(20)21-2/h12-13,16,18H,3-11H2,1-2H3. The van der Waals surface area contributed by atoms with Crippen LogP contribution >= 0.6 is 0 Å². The Bertz CT molecular complexity index is 454. The molecule has 1 N–H and O–H groups in total. The van der Waals surface area contributed by atoms with E-state index in [0.29, 0.717) is 12.5 Å². The van der Waals surface area contributed by atoms with Gasteiger partial charge in [0.05, 0.1) is 7.11 Å². The van der Waals surface area contributed by atoms with Crippen LogP contribution in [-0.4, -0.2) is 24.2 Å². The second-order valence-corrected chi connectivity index (χ2v) is 5.91. The van der Waals surface area contributed by atoms with Crippen molar-refractivity contribution in [3.63, 3.8) is 0 Å². The Labute approximate surface area is 127 Å². The van der Waals surface area contributed by atoms with Crippen molar-refractivity contribution in [2.24, 2.45) is 0 Å². The van der Waals surface area contributed by atoms with Crippen LogP contribution < -0.4 is 5.32 Å². The van der Waals surface area contributed by atoms with Gasteiger partial charge in [-0.25, -0.2) is 0 Å². The first-order valence-corrected chi connectivity index (χ1v) is 8.23. The van der Waals surface area contributed by atoms with E-state index in [-0.39, 0.29) is 5.97 Å². The van der Waals surface area contributed by atoms with Gasteiger partial charge in [0.2, 0.25) is 0 Å². The number of carbonyl (C=O) groups excluding carboxylic acids is 1. The van der Waals surface area contributed by atoms with Crippen LogP contribution in [0.2, 0.25) is 0 Å². The number of ether oxygens (including phenoxy) is 1. The molecule has 0 bridgehead atoms. The van der Waals surface area contributed by atoms with Crippen molar-refractivity contribution in [1.82, 2.24) is 9.88 Å². The second kappa shape index (κ2) is 8.23. The molecule has 1 atom stereocenters. The van der Waals surface area contributed by atoms with Crippen LogP contribution in [0.15, 0.2) is 12.4 Å². The van der Waals surface area contributed by atoms with E-state index in [1.165, 1.54) is 50.3 Å². The van der Waals surface area contributed by atoms with Gasteiger partial charge in [0, 0.05) is 31.4 Å². The van der Waals surface area contributed by atoms with Crippen LogP contribution in [0.5, 0.6) is 0 Å². The lowest BCUT2D eigenvalue weighted by atomic mass is 10.0. The molecule has 1 aliphatic rings. The summed E-state index contributed by atoms with van der Waals surface area (Å²) < 4.78 is 6.94. The number of carbonyl (C=O) groups is 1. The Kier molecular flexibility index (Phi) is 6.30. The molecule has 4 heteroatoms. The summed E-state index contributed by atoms with van der Waals surface area (Å²) in [4.78, 5) is 11.2. The summed E-state index contributed by atoms with van der Waals surface area (Å²) >= 11 is 0. The highest BCUT2D eigenvalue weighted by molar-refractivity contribution is 5.68. The second-order valence-electron chi connectivity index (χ2n) is 5.91. The molecule has 4 nitrogen and oxygen atoms in total. The highest BCUT2D eigenvalue weighted by atomic mass is 16.5. The molecule has 0 saturated carbocycles. The minimum absolute atomic E-state index is 0.119. The van der Waals surface area contributed by atoms with Gasteiger partial charge in [-0.05, 0) is 49.8 Å². The van der Waals surface area contributed by atoms with Crippen molar-refractivity contribution < 1.29 is 9.53 Å². The van der Waals surface area contributed by atoms with Crippen molar-refractivity contribution in [2.75, 3.05) is 13.7 Å². The van der Waals surface area contributed by atoms with E-state index < -0.39 is 0 Å². The maximum absolute atomic E-state index is 11.2. The third kappa shape index (κ3) is 4.60. The summed E-state index contributed by atoms with van der Waals surface area (Å²) in [7, 11) is 1.45. The summed E-state index contributed by atoms with van der Waals surface area (Å²) in [6, 6.07) is 0.504. The maximum Gasteiger partial charge on any atom is 0.305 e. The molecule has 1 unspecified atom stereocenters.